The maximum absolute atomic E-state index is 4.30. The molecule has 0 aliphatic heterocycles. The zero-order valence-electron chi connectivity index (χ0n) is 8.33. The first-order valence-electron chi connectivity index (χ1n) is 4.83. The lowest BCUT2D eigenvalue weighted by Gasteiger charge is -1.99. The molecular formula is C12H8N2S2. The normalized spacial score (nSPS) is 10.5. The monoisotopic (exact) mass is 244 g/mol. The Bertz CT molecular complexity index is 521. The van der Waals surface area contributed by atoms with Crippen LogP contribution in [0, 0.1) is 0 Å². The second kappa shape index (κ2) is 4.15. The van der Waals surface area contributed by atoms with E-state index in [-0.39, 0.29) is 0 Å². The second-order valence-electron chi connectivity index (χ2n) is 3.24. The molecule has 0 atom stereocenters. The molecule has 3 aromatic heterocycles. The van der Waals surface area contributed by atoms with Gasteiger partial charge in [0.25, 0.3) is 0 Å². The molecule has 16 heavy (non-hydrogen) atoms. The smallest absolute Gasteiger partial charge is 0.116 e. The molecule has 0 fully saturated rings. The zero-order valence-corrected chi connectivity index (χ0v) is 9.96. The third-order valence-corrected chi connectivity index (χ3v) is 4.00. The van der Waals surface area contributed by atoms with E-state index in [1.165, 1.54) is 9.75 Å². The molecule has 0 saturated carbocycles. The van der Waals surface area contributed by atoms with Gasteiger partial charge in [-0.15, -0.1) is 22.7 Å². The van der Waals surface area contributed by atoms with Gasteiger partial charge in [-0.2, -0.15) is 0 Å². The second-order valence-corrected chi connectivity index (χ2v) is 5.14. The molecule has 3 rings (SSSR count). The summed E-state index contributed by atoms with van der Waals surface area (Å²) in [6.45, 7) is 0. The number of aromatic nitrogens is 2. The van der Waals surface area contributed by atoms with Crippen molar-refractivity contribution in [2.45, 2.75) is 0 Å². The first-order chi connectivity index (χ1) is 7.93. The van der Waals surface area contributed by atoms with Crippen LogP contribution in [0.2, 0.25) is 0 Å². The molecule has 0 saturated heterocycles. The molecule has 2 nitrogen and oxygen atoms in total. The predicted octanol–water partition coefficient (Wildman–Crippen LogP) is 3.93. The van der Waals surface area contributed by atoms with Crippen molar-refractivity contribution in [3.63, 3.8) is 0 Å². The minimum atomic E-state index is 0.994. The fourth-order valence-corrected chi connectivity index (χ4v) is 2.86. The van der Waals surface area contributed by atoms with E-state index in [0.717, 1.165) is 11.4 Å². The van der Waals surface area contributed by atoms with Crippen molar-refractivity contribution >= 4 is 22.7 Å². The van der Waals surface area contributed by atoms with Crippen LogP contribution in [0.4, 0.5) is 0 Å². The van der Waals surface area contributed by atoms with E-state index in [1.54, 1.807) is 29.0 Å². The summed E-state index contributed by atoms with van der Waals surface area (Å²) in [7, 11) is 0. The summed E-state index contributed by atoms with van der Waals surface area (Å²) in [6, 6.07) is 10.3. The van der Waals surface area contributed by atoms with Gasteiger partial charge in [0, 0.05) is 0 Å². The standard InChI is InChI=1S/C12H8N2S2/c1-3-11(15-5-1)9-7-10(14-8-13-9)12-4-2-6-16-12/h1-8H. The Hall–Kier alpha value is -1.52. The highest BCUT2D eigenvalue weighted by molar-refractivity contribution is 7.13. The summed E-state index contributed by atoms with van der Waals surface area (Å²) in [5.74, 6) is 0. The Labute approximate surface area is 101 Å². The summed E-state index contributed by atoms with van der Waals surface area (Å²) >= 11 is 3.39. The number of hydrogen-bond donors (Lipinski definition) is 0. The first-order valence-corrected chi connectivity index (χ1v) is 6.59. The number of nitrogens with zero attached hydrogens (tertiary/aromatic N) is 2. The highest BCUT2D eigenvalue weighted by atomic mass is 32.1. The van der Waals surface area contributed by atoms with Gasteiger partial charge in [0.15, 0.2) is 0 Å². The molecule has 0 radical (unpaired) electrons. The summed E-state index contributed by atoms with van der Waals surface area (Å²) in [5.41, 5.74) is 1.99. The van der Waals surface area contributed by atoms with E-state index in [2.05, 4.69) is 32.9 Å². The van der Waals surface area contributed by atoms with Crippen molar-refractivity contribution in [1.82, 2.24) is 9.97 Å². The molecule has 0 aromatic carbocycles. The van der Waals surface area contributed by atoms with Gasteiger partial charge >= 0.3 is 0 Å². The van der Waals surface area contributed by atoms with Gasteiger partial charge in [-0.1, -0.05) is 12.1 Å². The van der Waals surface area contributed by atoms with E-state index in [0.29, 0.717) is 0 Å². The van der Waals surface area contributed by atoms with Gasteiger partial charge < -0.3 is 0 Å². The molecule has 0 bridgehead atoms. The van der Waals surface area contributed by atoms with Gasteiger partial charge in [0.2, 0.25) is 0 Å². The Morgan fingerprint density at radius 1 is 0.812 bits per heavy atom. The van der Waals surface area contributed by atoms with E-state index in [1.807, 2.05) is 18.2 Å². The average Bonchev–Trinajstić information content (AvgIpc) is 3.03. The van der Waals surface area contributed by atoms with Crippen LogP contribution < -0.4 is 0 Å². The van der Waals surface area contributed by atoms with Gasteiger partial charge in [-0.25, -0.2) is 9.97 Å². The van der Waals surface area contributed by atoms with Crippen LogP contribution in [0.1, 0.15) is 0 Å². The van der Waals surface area contributed by atoms with Crippen LogP contribution in [0.3, 0.4) is 0 Å². The molecule has 0 aliphatic rings. The van der Waals surface area contributed by atoms with Gasteiger partial charge in [0.05, 0.1) is 21.1 Å². The fraction of sp³-hybridized carbons (Fsp3) is 0. The molecule has 0 spiro atoms. The van der Waals surface area contributed by atoms with Crippen molar-refractivity contribution < 1.29 is 0 Å². The highest BCUT2D eigenvalue weighted by Gasteiger charge is 2.04. The molecule has 3 aromatic rings. The largest absolute Gasteiger partial charge is 0.235 e. The summed E-state index contributed by atoms with van der Waals surface area (Å²) in [6.07, 6.45) is 1.63. The SMILES string of the molecule is c1csc(-c2cc(-c3cccs3)ncn2)c1. The third kappa shape index (κ3) is 1.77. The van der Waals surface area contributed by atoms with Crippen LogP contribution in [-0.4, -0.2) is 9.97 Å². The van der Waals surface area contributed by atoms with Crippen LogP contribution in [0.25, 0.3) is 21.1 Å². The van der Waals surface area contributed by atoms with Crippen molar-refractivity contribution in [3.05, 3.63) is 47.4 Å². The van der Waals surface area contributed by atoms with E-state index < -0.39 is 0 Å². The maximum Gasteiger partial charge on any atom is 0.116 e. The Balaban J connectivity index is 2.07. The zero-order chi connectivity index (χ0) is 10.8. The van der Waals surface area contributed by atoms with E-state index in [9.17, 15) is 0 Å². The Kier molecular flexibility index (Phi) is 2.52. The van der Waals surface area contributed by atoms with Crippen LogP contribution in [-0.2, 0) is 0 Å². The molecule has 4 heteroatoms. The summed E-state index contributed by atoms with van der Waals surface area (Å²) in [4.78, 5) is 11.0. The quantitative estimate of drug-likeness (QED) is 0.682. The van der Waals surface area contributed by atoms with Crippen molar-refractivity contribution in [2.24, 2.45) is 0 Å². The van der Waals surface area contributed by atoms with Crippen LogP contribution >= 0.6 is 22.7 Å². The van der Waals surface area contributed by atoms with Crippen molar-refractivity contribution in [1.29, 1.82) is 0 Å². The summed E-state index contributed by atoms with van der Waals surface area (Å²) < 4.78 is 0. The number of hydrogen-bond acceptors (Lipinski definition) is 4. The first kappa shape index (κ1) is 9.69. The molecule has 3 heterocycles. The predicted molar refractivity (Wildman–Crippen MR) is 68.7 cm³/mol. The highest BCUT2D eigenvalue weighted by Crippen LogP contribution is 2.27. The minimum absolute atomic E-state index is 0.994. The van der Waals surface area contributed by atoms with E-state index in [4.69, 9.17) is 0 Å². The van der Waals surface area contributed by atoms with Crippen molar-refractivity contribution in [2.75, 3.05) is 0 Å². The number of rotatable bonds is 2. The third-order valence-electron chi connectivity index (χ3n) is 2.21. The lowest BCUT2D eigenvalue weighted by atomic mass is 10.2. The number of thiophene rings is 2. The van der Waals surface area contributed by atoms with Gasteiger partial charge in [-0.05, 0) is 29.0 Å². The molecular weight excluding hydrogens is 236 g/mol. The van der Waals surface area contributed by atoms with E-state index >= 15 is 0 Å². The maximum atomic E-state index is 4.30. The molecule has 0 amide bonds. The Morgan fingerprint density at radius 3 is 1.81 bits per heavy atom. The fourth-order valence-electron chi connectivity index (χ4n) is 1.48. The van der Waals surface area contributed by atoms with Gasteiger partial charge in [-0.3, -0.25) is 0 Å². The minimum Gasteiger partial charge on any atom is -0.235 e. The lowest BCUT2D eigenvalue weighted by Crippen LogP contribution is -1.85. The summed E-state index contributed by atoms with van der Waals surface area (Å²) in [5, 5.41) is 4.12. The van der Waals surface area contributed by atoms with Crippen molar-refractivity contribution in [3.8, 4) is 21.1 Å². The molecule has 0 N–H and O–H groups in total. The lowest BCUT2D eigenvalue weighted by molar-refractivity contribution is 1.19. The van der Waals surface area contributed by atoms with Gasteiger partial charge in [0.1, 0.15) is 6.33 Å². The van der Waals surface area contributed by atoms with Crippen LogP contribution in [0.15, 0.2) is 47.4 Å². The molecule has 0 aliphatic carbocycles. The average molecular weight is 244 g/mol. The Morgan fingerprint density at radius 2 is 1.38 bits per heavy atom. The topological polar surface area (TPSA) is 25.8 Å². The molecule has 78 valence electrons. The van der Waals surface area contributed by atoms with Crippen LogP contribution in [0.5, 0.6) is 0 Å². The molecule has 0 unspecified atom stereocenters.